The topological polar surface area (TPSA) is 33.4 Å². The van der Waals surface area contributed by atoms with E-state index in [2.05, 4.69) is 16.8 Å². The molecule has 2 aromatic rings. The van der Waals surface area contributed by atoms with Gasteiger partial charge < -0.3 is 4.90 Å². The van der Waals surface area contributed by atoms with Crippen LogP contribution in [-0.4, -0.2) is 58.7 Å². The second-order valence-electron chi connectivity index (χ2n) is 5.63. The number of aryl methyl sites for hydroxylation is 1. The minimum absolute atomic E-state index is 0.0836. The lowest BCUT2D eigenvalue weighted by molar-refractivity contribution is 0.150. The number of imidazole rings is 1. The summed E-state index contributed by atoms with van der Waals surface area (Å²) in [4.78, 5) is 17.1. The largest absolute Gasteiger partial charge is 0.328 e. The third kappa shape index (κ3) is 2.39. The Morgan fingerprint density at radius 3 is 2.30 bits per heavy atom. The van der Waals surface area contributed by atoms with E-state index in [0.717, 1.165) is 50.3 Å². The van der Waals surface area contributed by atoms with Crippen molar-refractivity contribution >= 4 is 11.0 Å². The summed E-state index contributed by atoms with van der Waals surface area (Å²) in [6.45, 7) is 6.13. The summed E-state index contributed by atoms with van der Waals surface area (Å²) < 4.78 is 3.63. The Balaban J connectivity index is 1.78. The van der Waals surface area contributed by atoms with Crippen LogP contribution in [0.5, 0.6) is 0 Å². The Morgan fingerprint density at radius 1 is 0.950 bits per heavy atom. The molecule has 1 aliphatic rings. The molecule has 0 aliphatic carbocycles. The van der Waals surface area contributed by atoms with Crippen molar-refractivity contribution in [2.45, 2.75) is 6.54 Å². The SMILES string of the molecule is CN1CCN(CCn2c(=O)n(C)c3ccccc32)CC1. The molecule has 3 rings (SSSR count). The van der Waals surface area contributed by atoms with Gasteiger partial charge in [0, 0.05) is 46.3 Å². The molecule has 0 N–H and O–H groups in total. The number of piperazine rings is 1. The van der Waals surface area contributed by atoms with Crippen molar-refractivity contribution in [2.75, 3.05) is 39.8 Å². The van der Waals surface area contributed by atoms with E-state index in [1.165, 1.54) is 0 Å². The van der Waals surface area contributed by atoms with Crippen molar-refractivity contribution in [1.82, 2.24) is 18.9 Å². The van der Waals surface area contributed by atoms with Gasteiger partial charge in [0.1, 0.15) is 0 Å². The molecule has 0 unspecified atom stereocenters. The van der Waals surface area contributed by atoms with E-state index in [0.29, 0.717) is 0 Å². The van der Waals surface area contributed by atoms with Crippen LogP contribution in [0.15, 0.2) is 29.1 Å². The number of likely N-dealkylation sites (N-methyl/N-ethyl adjacent to an activating group) is 1. The second kappa shape index (κ2) is 5.42. The lowest BCUT2D eigenvalue weighted by Gasteiger charge is -2.32. The predicted molar refractivity (Wildman–Crippen MR) is 81.1 cm³/mol. The molecular formula is C15H22N4O. The average molecular weight is 274 g/mol. The molecule has 1 aliphatic heterocycles. The van der Waals surface area contributed by atoms with Crippen LogP contribution in [0, 0.1) is 0 Å². The number of fused-ring (bicyclic) bond motifs is 1. The van der Waals surface area contributed by atoms with Gasteiger partial charge in [-0.15, -0.1) is 0 Å². The van der Waals surface area contributed by atoms with E-state index < -0.39 is 0 Å². The van der Waals surface area contributed by atoms with Gasteiger partial charge in [0.15, 0.2) is 0 Å². The van der Waals surface area contributed by atoms with Crippen molar-refractivity contribution in [1.29, 1.82) is 0 Å². The van der Waals surface area contributed by atoms with E-state index in [1.54, 1.807) is 4.57 Å². The maximum absolute atomic E-state index is 12.3. The maximum atomic E-state index is 12.3. The van der Waals surface area contributed by atoms with Crippen LogP contribution in [-0.2, 0) is 13.6 Å². The second-order valence-corrected chi connectivity index (χ2v) is 5.63. The molecule has 0 atom stereocenters. The zero-order valence-electron chi connectivity index (χ0n) is 12.2. The Kier molecular flexibility index (Phi) is 3.63. The van der Waals surface area contributed by atoms with Crippen molar-refractivity contribution in [3.05, 3.63) is 34.7 Å². The third-order valence-corrected chi connectivity index (χ3v) is 4.29. The van der Waals surface area contributed by atoms with E-state index in [9.17, 15) is 4.79 Å². The van der Waals surface area contributed by atoms with Crippen LogP contribution in [0.1, 0.15) is 0 Å². The number of para-hydroxylation sites is 2. The minimum atomic E-state index is 0.0836. The molecule has 1 aromatic heterocycles. The van der Waals surface area contributed by atoms with Gasteiger partial charge in [0.2, 0.25) is 0 Å². The van der Waals surface area contributed by atoms with Gasteiger partial charge >= 0.3 is 5.69 Å². The lowest BCUT2D eigenvalue weighted by atomic mass is 10.3. The number of rotatable bonds is 3. The molecule has 0 spiro atoms. The van der Waals surface area contributed by atoms with Gasteiger partial charge in [0.25, 0.3) is 0 Å². The third-order valence-electron chi connectivity index (χ3n) is 4.29. The monoisotopic (exact) mass is 274 g/mol. The van der Waals surface area contributed by atoms with Crippen LogP contribution in [0.3, 0.4) is 0 Å². The fraction of sp³-hybridized carbons (Fsp3) is 0.533. The molecule has 5 nitrogen and oxygen atoms in total. The molecule has 0 bridgehead atoms. The Bertz CT molecular complexity index is 649. The molecule has 0 amide bonds. The van der Waals surface area contributed by atoms with E-state index >= 15 is 0 Å². The molecule has 5 heteroatoms. The summed E-state index contributed by atoms with van der Waals surface area (Å²) >= 11 is 0. The Morgan fingerprint density at radius 2 is 1.60 bits per heavy atom. The van der Waals surface area contributed by atoms with E-state index in [1.807, 2.05) is 35.9 Å². The molecule has 2 heterocycles. The van der Waals surface area contributed by atoms with Gasteiger partial charge in [0.05, 0.1) is 11.0 Å². The van der Waals surface area contributed by atoms with E-state index in [4.69, 9.17) is 0 Å². The zero-order valence-corrected chi connectivity index (χ0v) is 12.2. The molecule has 1 fully saturated rings. The van der Waals surface area contributed by atoms with Crippen LogP contribution < -0.4 is 5.69 Å². The van der Waals surface area contributed by atoms with Gasteiger partial charge in [-0.1, -0.05) is 12.1 Å². The van der Waals surface area contributed by atoms with Gasteiger partial charge in [-0.3, -0.25) is 14.0 Å². The first-order valence-corrected chi connectivity index (χ1v) is 7.22. The van der Waals surface area contributed by atoms with Crippen LogP contribution in [0.2, 0.25) is 0 Å². The Labute approximate surface area is 119 Å². The van der Waals surface area contributed by atoms with Crippen molar-refractivity contribution < 1.29 is 0 Å². The molecule has 108 valence electrons. The summed E-state index contributed by atoms with van der Waals surface area (Å²) in [5.41, 5.74) is 2.13. The van der Waals surface area contributed by atoms with Crippen LogP contribution in [0.25, 0.3) is 11.0 Å². The normalized spacial score (nSPS) is 17.9. The van der Waals surface area contributed by atoms with Crippen molar-refractivity contribution in [3.8, 4) is 0 Å². The van der Waals surface area contributed by atoms with Crippen molar-refractivity contribution in [3.63, 3.8) is 0 Å². The van der Waals surface area contributed by atoms with Gasteiger partial charge in [-0.2, -0.15) is 0 Å². The summed E-state index contributed by atoms with van der Waals surface area (Å²) in [7, 11) is 4.00. The molecule has 0 saturated carbocycles. The van der Waals surface area contributed by atoms with Crippen molar-refractivity contribution in [2.24, 2.45) is 7.05 Å². The summed E-state index contributed by atoms with van der Waals surface area (Å²) in [6.07, 6.45) is 0. The van der Waals surface area contributed by atoms with Gasteiger partial charge in [-0.05, 0) is 19.2 Å². The number of hydrogen-bond donors (Lipinski definition) is 0. The van der Waals surface area contributed by atoms with Crippen LogP contribution >= 0.6 is 0 Å². The first-order chi connectivity index (χ1) is 9.66. The lowest BCUT2D eigenvalue weighted by Crippen LogP contribution is -2.45. The number of hydrogen-bond acceptors (Lipinski definition) is 3. The fourth-order valence-electron chi connectivity index (χ4n) is 2.89. The smallest absolute Gasteiger partial charge is 0.304 e. The fourth-order valence-corrected chi connectivity index (χ4v) is 2.89. The number of benzene rings is 1. The molecule has 20 heavy (non-hydrogen) atoms. The summed E-state index contributed by atoms with van der Waals surface area (Å²) in [5, 5.41) is 0. The highest BCUT2D eigenvalue weighted by Crippen LogP contribution is 2.11. The molecule has 1 aromatic carbocycles. The summed E-state index contributed by atoms with van der Waals surface area (Å²) in [6, 6.07) is 8.00. The number of aromatic nitrogens is 2. The highest BCUT2D eigenvalue weighted by Gasteiger charge is 2.15. The quantitative estimate of drug-likeness (QED) is 0.821. The first-order valence-electron chi connectivity index (χ1n) is 7.22. The highest BCUT2D eigenvalue weighted by molar-refractivity contribution is 5.75. The van der Waals surface area contributed by atoms with Gasteiger partial charge in [-0.25, -0.2) is 4.79 Å². The van der Waals surface area contributed by atoms with E-state index in [-0.39, 0.29) is 5.69 Å². The van der Waals surface area contributed by atoms with Crippen LogP contribution in [0.4, 0.5) is 0 Å². The molecule has 1 saturated heterocycles. The highest BCUT2D eigenvalue weighted by atomic mass is 16.1. The molecular weight excluding hydrogens is 252 g/mol. The maximum Gasteiger partial charge on any atom is 0.328 e. The first kappa shape index (κ1) is 13.4. The zero-order chi connectivity index (χ0) is 14.1. The Hall–Kier alpha value is -1.59. The molecule has 0 radical (unpaired) electrons. The summed E-state index contributed by atoms with van der Waals surface area (Å²) in [5.74, 6) is 0. The number of nitrogens with zero attached hydrogens (tertiary/aromatic N) is 4. The standard InChI is InChI=1S/C15H22N4O/c1-16-7-9-18(10-8-16)11-12-19-14-6-4-3-5-13(14)17(2)15(19)20/h3-6H,7-12H2,1-2H3. The average Bonchev–Trinajstić information content (AvgIpc) is 2.71. The minimum Gasteiger partial charge on any atom is -0.304 e. The predicted octanol–water partition coefficient (Wildman–Crippen LogP) is 0.587.